The minimum atomic E-state index is -0.594. The molecular weight excluding hydrogens is 462 g/mol. The highest BCUT2D eigenvalue weighted by Gasteiger charge is 2.14. The standard InChI is InChI=1S/C15H11Br2N3O5/c16-10-6-11(17)13(21)5-9(10)7-18-19-15(22)8-25-14-4-2-1-3-12(14)20(23)24/h1-7,21H,8H2,(H,19,22)/b18-7-. The summed E-state index contributed by atoms with van der Waals surface area (Å²) in [5.41, 5.74) is 2.55. The van der Waals surface area contributed by atoms with Gasteiger partial charge in [-0.3, -0.25) is 14.9 Å². The van der Waals surface area contributed by atoms with Gasteiger partial charge in [0.25, 0.3) is 5.91 Å². The fraction of sp³-hybridized carbons (Fsp3) is 0.0667. The van der Waals surface area contributed by atoms with E-state index in [0.29, 0.717) is 14.5 Å². The third-order valence-corrected chi connectivity index (χ3v) is 4.20. The van der Waals surface area contributed by atoms with Crippen LogP contribution in [0.1, 0.15) is 5.56 Å². The fourth-order valence-corrected chi connectivity index (χ4v) is 2.83. The van der Waals surface area contributed by atoms with Gasteiger partial charge in [-0.05, 0) is 34.1 Å². The monoisotopic (exact) mass is 471 g/mol. The van der Waals surface area contributed by atoms with Crippen LogP contribution in [0, 0.1) is 10.1 Å². The third kappa shape index (κ3) is 5.26. The molecule has 2 N–H and O–H groups in total. The number of nitro benzene ring substituents is 1. The van der Waals surface area contributed by atoms with Gasteiger partial charge in [0.05, 0.1) is 15.6 Å². The van der Waals surface area contributed by atoms with Crippen molar-refractivity contribution in [3.8, 4) is 11.5 Å². The summed E-state index contributed by atoms with van der Waals surface area (Å²) in [6.07, 6.45) is 1.33. The van der Waals surface area contributed by atoms with Crippen LogP contribution >= 0.6 is 31.9 Å². The molecule has 10 heteroatoms. The fourth-order valence-electron chi connectivity index (χ4n) is 1.73. The molecule has 130 valence electrons. The molecule has 0 unspecified atom stereocenters. The highest BCUT2D eigenvalue weighted by Crippen LogP contribution is 2.29. The van der Waals surface area contributed by atoms with Crippen molar-refractivity contribution in [1.29, 1.82) is 0 Å². The zero-order valence-corrected chi connectivity index (χ0v) is 15.7. The average molecular weight is 473 g/mol. The van der Waals surface area contributed by atoms with Crippen molar-refractivity contribution < 1.29 is 19.6 Å². The molecule has 1 amide bonds. The molecule has 0 saturated heterocycles. The summed E-state index contributed by atoms with van der Waals surface area (Å²) in [7, 11) is 0. The summed E-state index contributed by atoms with van der Waals surface area (Å²) in [5, 5.41) is 24.2. The molecule has 0 aliphatic heterocycles. The lowest BCUT2D eigenvalue weighted by Gasteiger charge is -2.05. The number of carbonyl (C=O) groups excluding carboxylic acids is 1. The minimum absolute atomic E-state index is 0.00722. The van der Waals surface area contributed by atoms with E-state index in [4.69, 9.17) is 4.74 Å². The smallest absolute Gasteiger partial charge is 0.310 e. The van der Waals surface area contributed by atoms with Crippen molar-refractivity contribution >= 4 is 49.7 Å². The second kappa shape index (κ2) is 8.58. The van der Waals surface area contributed by atoms with Crippen molar-refractivity contribution in [2.75, 3.05) is 6.61 Å². The summed E-state index contributed by atoms with van der Waals surface area (Å²) in [5.74, 6) is -0.574. The number of halogens is 2. The Morgan fingerprint density at radius 1 is 1.32 bits per heavy atom. The first-order chi connectivity index (χ1) is 11.9. The Balaban J connectivity index is 1.93. The van der Waals surface area contributed by atoms with Crippen molar-refractivity contribution in [1.82, 2.24) is 5.43 Å². The molecule has 0 heterocycles. The molecule has 0 bridgehead atoms. The summed E-state index contributed by atoms with van der Waals surface area (Å²) in [4.78, 5) is 22.0. The molecule has 0 spiro atoms. The number of nitro groups is 1. The van der Waals surface area contributed by atoms with Crippen LogP contribution in [0.5, 0.6) is 11.5 Å². The Labute approximate surface area is 158 Å². The van der Waals surface area contributed by atoms with E-state index in [9.17, 15) is 20.0 Å². The lowest BCUT2D eigenvalue weighted by atomic mass is 10.2. The lowest BCUT2D eigenvalue weighted by Crippen LogP contribution is -2.24. The number of para-hydroxylation sites is 2. The topological polar surface area (TPSA) is 114 Å². The van der Waals surface area contributed by atoms with Gasteiger partial charge in [0.1, 0.15) is 5.75 Å². The molecule has 0 aromatic heterocycles. The highest BCUT2D eigenvalue weighted by molar-refractivity contribution is 9.11. The number of hydrogen-bond donors (Lipinski definition) is 2. The molecule has 0 saturated carbocycles. The van der Waals surface area contributed by atoms with Crippen LogP contribution in [-0.2, 0) is 4.79 Å². The molecule has 0 fully saturated rings. The largest absolute Gasteiger partial charge is 0.507 e. The number of benzene rings is 2. The van der Waals surface area contributed by atoms with Gasteiger partial charge in [0.15, 0.2) is 12.4 Å². The molecule has 0 radical (unpaired) electrons. The van der Waals surface area contributed by atoms with Crippen LogP contribution in [0.3, 0.4) is 0 Å². The van der Waals surface area contributed by atoms with Crippen molar-refractivity contribution in [3.63, 3.8) is 0 Å². The number of aromatic hydroxyl groups is 1. The molecule has 0 aliphatic rings. The van der Waals surface area contributed by atoms with E-state index in [0.717, 1.165) is 0 Å². The summed E-state index contributed by atoms with van der Waals surface area (Å²) < 4.78 is 6.31. The molecule has 0 aliphatic carbocycles. The number of ether oxygens (including phenoxy) is 1. The number of nitrogens with zero attached hydrogens (tertiary/aromatic N) is 2. The Bertz CT molecular complexity index is 842. The van der Waals surface area contributed by atoms with E-state index in [1.54, 1.807) is 12.1 Å². The SMILES string of the molecule is O=C(COc1ccccc1[N+](=O)[O-])N/N=C\c1cc(O)c(Br)cc1Br. The van der Waals surface area contributed by atoms with Crippen molar-refractivity contribution in [2.45, 2.75) is 0 Å². The van der Waals surface area contributed by atoms with Crippen LogP contribution in [0.2, 0.25) is 0 Å². The van der Waals surface area contributed by atoms with Crippen LogP contribution < -0.4 is 10.2 Å². The van der Waals surface area contributed by atoms with Crippen LogP contribution in [-0.4, -0.2) is 28.8 Å². The van der Waals surface area contributed by atoms with Gasteiger partial charge < -0.3 is 9.84 Å². The Hall–Kier alpha value is -2.46. The van der Waals surface area contributed by atoms with Gasteiger partial charge in [-0.25, -0.2) is 5.43 Å². The molecular formula is C15H11Br2N3O5. The van der Waals surface area contributed by atoms with E-state index in [1.807, 2.05) is 0 Å². The van der Waals surface area contributed by atoms with E-state index in [2.05, 4.69) is 42.4 Å². The van der Waals surface area contributed by atoms with E-state index >= 15 is 0 Å². The summed E-state index contributed by atoms with van der Waals surface area (Å²) in [6, 6.07) is 8.83. The third-order valence-electron chi connectivity index (χ3n) is 2.88. The second-order valence-electron chi connectivity index (χ2n) is 4.63. The molecule has 0 atom stereocenters. The van der Waals surface area contributed by atoms with Gasteiger partial charge >= 0.3 is 5.69 Å². The number of nitrogens with one attached hydrogen (secondary N) is 1. The number of phenols is 1. The van der Waals surface area contributed by atoms with Gasteiger partial charge in [0, 0.05) is 16.1 Å². The lowest BCUT2D eigenvalue weighted by molar-refractivity contribution is -0.385. The Morgan fingerprint density at radius 2 is 2.04 bits per heavy atom. The minimum Gasteiger partial charge on any atom is -0.507 e. The van der Waals surface area contributed by atoms with E-state index in [1.165, 1.54) is 30.5 Å². The summed E-state index contributed by atoms with van der Waals surface area (Å²) >= 11 is 6.47. The van der Waals surface area contributed by atoms with Gasteiger partial charge in [-0.15, -0.1) is 0 Å². The maximum atomic E-state index is 11.7. The van der Waals surface area contributed by atoms with Crippen LogP contribution in [0.15, 0.2) is 50.4 Å². The highest BCUT2D eigenvalue weighted by atomic mass is 79.9. The Morgan fingerprint density at radius 3 is 2.76 bits per heavy atom. The van der Waals surface area contributed by atoms with E-state index in [-0.39, 0.29) is 17.2 Å². The average Bonchev–Trinajstić information content (AvgIpc) is 2.57. The number of rotatable bonds is 6. The molecule has 2 aromatic carbocycles. The first-order valence-electron chi connectivity index (χ1n) is 6.74. The zero-order valence-electron chi connectivity index (χ0n) is 12.5. The van der Waals surface area contributed by atoms with Crippen LogP contribution in [0.4, 0.5) is 5.69 Å². The first-order valence-corrected chi connectivity index (χ1v) is 8.33. The Kier molecular flexibility index (Phi) is 6.48. The molecule has 8 nitrogen and oxygen atoms in total. The number of carbonyl (C=O) groups is 1. The zero-order chi connectivity index (χ0) is 18.4. The van der Waals surface area contributed by atoms with Gasteiger partial charge in [-0.2, -0.15) is 5.10 Å². The number of phenolic OH excluding ortho intramolecular Hbond substituents is 1. The maximum absolute atomic E-state index is 11.7. The van der Waals surface area contributed by atoms with Crippen molar-refractivity contribution in [2.24, 2.45) is 5.10 Å². The van der Waals surface area contributed by atoms with Crippen molar-refractivity contribution in [3.05, 3.63) is 61.0 Å². The van der Waals surface area contributed by atoms with Gasteiger partial charge in [-0.1, -0.05) is 28.1 Å². The summed E-state index contributed by atoms with van der Waals surface area (Å²) in [6.45, 7) is -0.436. The number of amides is 1. The normalized spacial score (nSPS) is 10.6. The molecule has 2 aromatic rings. The molecule has 25 heavy (non-hydrogen) atoms. The number of hydrazone groups is 1. The first kappa shape index (κ1) is 18.9. The predicted molar refractivity (Wildman–Crippen MR) is 97.8 cm³/mol. The van der Waals surface area contributed by atoms with Gasteiger partial charge in [0.2, 0.25) is 0 Å². The number of hydrogen-bond acceptors (Lipinski definition) is 6. The molecule has 2 rings (SSSR count). The predicted octanol–water partition coefficient (Wildman–Crippen LogP) is 3.35. The second-order valence-corrected chi connectivity index (χ2v) is 6.34. The van der Waals surface area contributed by atoms with E-state index < -0.39 is 17.4 Å². The maximum Gasteiger partial charge on any atom is 0.310 e. The van der Waals surface area contributed by atoms with Crippen LogP contribution in [0.25, 0.3) is 0 Å². The quantitative estimate of drug-likeness (QED) is 0.380.